The minimum Gasteiger partial charge on any atom is -0.481 e. The standard InChI is InChI=1S/C10H14N2O4/c11-4-8-7(3-10(15)16)6(5-12-8)1-2-9(13)14/h5,12H,1-4,11H2,(H,13,14)(H,15,16)/i6+1. The molecule has 5 N–H and O–H groups in total. The van der Waals surface area contributed by atoms with Crippen LogP contribution in [0.3, 0.4) is 0 Å². The van der Waals surface area contributed by atoms with Crippen LogP contribution >= 0.6 is 0 Å². The van der Waals surface area contributed by atoms with Crippen molar-refractivity contribution in [1.29, 1.82) is 0 Å². The first-order chi connectivity index (χ1) is 7.54. The van der Waals surface area contributed by atoms with Crippen LogP contribution in [0, 0.1) is 0 Å². The first-order valence-electron chi connectivity index (χ1n) is 4.86. The summed E-state index contributed by atoms with van der Waals surface area (Å²) in [6, 6.07) is 0. The molecule has 1 aromatic heterocycles. The first-order valence-corrected chi connectivity index (χ1v) is 4.86. The largest absolute Gasteiger partial charge is 0.481 e. The Morgan fingerprint density at radius 3 is 2.50 bits per heavy atom. The van der Waals surface area contributed by atoms with E-state index >= 15 is 0 Å². The third-order valence-corrected chi connectivity index (χ3v) is 2.31. The summed E-state index contributed by atoms with van der Waals surface area (Å²) in [5.41, 5.74) is 7.43. The maximum absolute atomic E-state index is 10.7. The van der Waals surface area contributed by atoms with E-state index in [1.165, 1.54) is 0 Å². The number of aryl methyl sites for hydroxylation is 1. The highest BCUT2D eigenvalue weighted by Crippen LogP contribution is 2.16. The van der Waals surface area contributed by atoms with Crippen molar-refractivity contribution in [1.82, 2.24) is 4.98 Å². The molecule has 0 aliphatic rings. The number of H-pyrrole nitrogens is 1. The molecule has 0 fully saturated rings. The molecular weight excluding hydrogens is 213 g/mol. The van der Waals surface area contributed by atoms with Gasteiger partial charge in [0, 0.05) is 24.9 Å². The topological polar surface area (TPSA) is 116 Å². The summed E-state index contributed by atoms with van der Waals surface area (Å²) in [6.45, 7) is 0.218. The van der Waals surface area contributed by atoms with Crippen molar-refractivity contribution in [3.8, 4) is 0 Å². The van der Waals surface area contributed by atoms with Crippen LogP contribution in [0.4, 0.5) is 0 Å². The Morgan fingerprint density at radius 2 is 2.00 bits per heavy atom. The van der Waals surface area contributed by atoms with Gasteiger partial charge in [-0.15, -0.1) is 0 Å². The van der Waals surface area contributed by atoms with Gasteiger partial charge in [0.15, 0.2) is 0 Å². The fraction of sp³-hybridized carbons (Fsp3) is 0.400. The Bertz CT molecular complexity index is 398. The van der Waals surface area contributed by atoms with E-state index in [2.05, 4.69) is 4.98 Å². The summed E-state index contributed by atoms with van der Waals surface area (Å²) in [4.78, 5) is 24.0. The van der Waals surface area contributed by atoms with Crippen LogP contribution in [0.5, 0.6) is 0 Å². The molecule has 1 heterocycles. The summed E-state index contributed by atoms with van der Waals surface area (Å²) < 4.78 is 0. The molecule has 0 bridgehead atoms. The fourth-order valence-electron chi connectivity index (χ4n) is 1.56. The van der Waals surface area contributed by atoms with Gasteiger partial charge in [0.25, 0.3) is 0 Å². The lowest BCUT2D eigenvalue weighted by Crippen LogP contribution is -2.08. The quantitative estimate of drug-likeness (QED) is 0.550. The molecule has 6 heteroatoms. The van der Waals surface area contributed by atoms with Crippen molar-refractivity contribution in [2.75, 3.05) is 0 Å². The molecule has 0 aliphatic heterocycles. The minimum absolute atomic E-state index is 0.0194. The maximum atomic E-state index is 10.7. The van der Waals surface area contributed by atoms with E-state index in [4.69, 9.17) is 15.9 Å². The normalized spacial score (nSPS) is 10.3. The average molecular weight is 227 g/mol. The van der Waals surface area contributed by atoms with Crippen molar-refractivity contribution in [3.63, 3.8) is 0 Å². The Morgan fingerprint density at radius 1 is 1.31 bits per heavy atom. The molecule has 0 amide bonds. The van der Waals surface area contributed by atoms with Crippen LogP contribution in [-0.2, 0) is 29.0 Å². The first kappa shape index (κ1) is 12.3. The molecular formula is C10H14N2O4. The predicted molar refractivity (Wildman–Crippen MR) is 56.0 cm³/mol. The zero-order valence-corrected chi connectivity index (χ0v) is 8.69. The number of aromatic amines is 1. The van der Waals surface area contributed by atoms with Gasteiger partial charge in [-0.05, 0) is 17.5 Å². The molecule has 1 aromatic rings. The van der Waals surface area contributed by atoms with Crippen LogP contribution in [0.15, 0.2) is 6.20 Å². The number of hydrogen-bond donors (Lipinski definition) is 4. The van der Waals surface area contributed by atoms with Crippen molar-refractivity contribution < 1.29 is 19.8 Å². The van der Waals surface area contributed by atoms with Gasteiger partial charge in [-0.2, -0.15) is 0 Å². The van der Waals surface area contributed by atoms with E-state index in [0.717, 1.165) is 0 Å². The van der Waals surface area contributed by atoms with Gasteiger partial charge < -0.3 is 20.9 Å². The number of hydrogen-bond acceptors (Lipinski definition) is 3. The molecule has 16 heavy (non-hydrogen) atoms. The van der Waals surface area contributed by atoms with Crippen LogP contribution in [0.1, 0.15) is 23.2 Å². The third kappa shape index (κ3) is 3.09. The fourth-order valence-corrected chi connectivity index (χ4v) is 1.56. The third-order valence-electron chi connectivity index (χ3n) is 2.31. The summed E-state index contributed by atoms with van der Waals surface area (Å²) in [5, 5.41) is 17.3. The van der Waals surface area contributed by atoms with Gasteiger partial charge in [-0.1, -0.05) is 0 Å². The lowest BCUT2D eigenvalue weighted by Gasteiger charge is -2.02. The minimum atomic E-state index is -0.953. The van der Waals surface area contributed by atoms with E-state index < -0.39 is 11.9 Å². The van der Waals surface area contributed by atoms with Gasteiger partial charge in [-0.25, -0.2) is 0 Å². The number of aromatic nitrogens is 1. The summed E-state index contributed by atoms with van der Waals surface area (Å²) >= 11 is 0. The highest BCUT2D eigenvalue weighted by Gasteiger charge is 2.14. The number of nitrogens with two attached hydrogens (primary N) is 1. The van der Waals surface area contributed by atoms with E-state index in [0.29, 0.717) is 23.2 Å². The molecule has 0 spiro atoms. The summed E-state index contributed by atoms with van der Waals surface area (Å²) in [5.74, 6) is -1.86. The Hall–Kier alpha value is -1.82. The second kappa shape index (κ2) is 5.32. The van der Waals surface area contributed by atoms with E-state index in [9.17, 15) is 9.59 Å². The molecule has 0 saturated carbocycles. The second-order valence-corrected chi connectivity index (χ2v) is 3.44. The molecule has 0 saturated heterocycles. The number of nitrogens with one attached hydrogen (secondary N) is 1. The smallest absolute Gasteiger partial charge is 0.307 e. The van der Waals surface area contributed by atoms with Crippen LogP contribution in [-0.4, -0.2) is 27.1 Å². The van der Waals surface area contributed by atoms with Gasteiger partial charge in [-0.3, -0.25) is 9.59 Å². The lowest BCUT2D eigenvalue weighted by molar-refractivity contribution is -0.137. The van der Waals surface area contributed by atoms with Crippen molar-refractivity contribution in [2.24, 2.45) is 5.73 Å². The molecule has 0 atom stereocenters. The molecule has 0 radical (unpaired) electrons. The Balaban J connectivity index is 2.86. The number of carboxylic acid groups (broad SMARTS) is 2. The second-order valence-electron chi connectivity index (χ2n) is 3.44. The predicted octanol–water partition coefficient (Wildman–Crippen LogP) is 0.118. The monoisotopic (exact) mass is 227 g/mol. The van der Waals surface area contributed by atoms with Crippen LogP contribution in [0.2, 0.25) is 0 Å². The lowest BCUT2D eigenvalue weighted by atomic mass is 10.2. The Labute approximate surface area is 92.1 Å². The molecule has 6 nitrogen and oxygen atoms in total. The van der Waals surface area contributed by atoms with Crippen molar-refractivity contribution >= 4 is 11.9 Å². The van der Waals surface area contributed by atoms with Gasteiger partial charge in [0.2, 0.25) is 0 Å². The number of carboxylic acids is 2. The summed E-state index contributed by atoms with van der Waals surface area (Å²) in [7, 11) is 0. The van der Waals surface area contributed by atoms with Crippen molar-refractivity contribution in [2.45, 2.75) is 25.8 Å². The van der Waals surface area contributed by atoms with Crippen LogP contribution < -0.4 is 5.73 Å². The number of rotatable bonds is 6. The zero-order valence-electron chi connectivity index (χ0n) is 8.69. The number of aliphatic carboxylic acids is 2. The van der Waals surface area contributed by atoms with E-state index in [1.54, 1.807) is 6.20 Å². The van der Waals surface area contributed by atoms with Gasteiger partial charge >= 0.3 is 11.9 Å². The van der Waals surface area contributed by atoms with E-state index in [1.807, 2.05) is 0 Å². The van der Waals surface area contributed by atoms with Gasteiger partial charge in [0.05, 0.1) is 6.42 Å². The summed E-state index contributed by atoms with van der Waals surface area (Å²) in [6.07, 6.45) is 1.79. The zero-order chi connectivity index (χ0) is 12.1. The maximum Gasteiger partial charge on any atom is 0.307 e. The number of carbonyl (C=O) groups is 2. The van der Waals surface area contributed by atoms with Crippen LogP contribution in [0.25, 0.3) is 0 Å². The molecule has 0 aliphatic carbocycles. The molecule has 0 unspecified atom stereocenters. The molecule has 88 valence electrons. The molecule has 0 aromatic carbocycles. The van der Waals surface area contributed by atoms with E-state index in [-0.39, 0.29) is 19.4 Å². The average Bonchev–Trinajstić information content (AvgIpc) is 2.56. The highest BCUT2D eigenvalue weighted by atomic mass is 16.4. The molecule has 1 rings (SSSR count). The van der Waals surface area contributed by atoms with Crippen molar-refractivity contribution in [3.05, 3.63) is 23.0 Å². The SMILES string of the molecule is NCc1[nH]c[13c](CCC(=O)O)c1CC(=O)O. The highest BCUT2D eigenvalue weighted by molar-refractivity contribution is 5.71. The van der Waals surface area contributed by atoms with Gasteiger partial charge in [0.1, 0.15) is 0 Å². The Kier molecular flexibility index (Phi) is 4.07.